The van der Waals surface area contributed by atoms with E-state index in [4.69, 9.17) is 5.73 Å². The highest BCUT2D eigenvalue weighted by Gasteiger charge is 2.41. The van der Waals surface area contributed by atoms with Gasteiger partial charge in [-0.1, -0.05) is 0 Å². The monoisotopic (exact) mass is 180 g/mol. The quantitative estimate of drug-likeness (QED) is 0.416. The fourth-order valence-electron chi connectivity index (χ4n) is 0.986. The molecule has 1 atom stereocenters. The van der Waals surface area contributed by atoms with Gasteiger partial charge in [-0.3, -0.25) is 5.73 Å². The molecular weight excluding hydrogens is 176 g/mol. The maximum Gasteiger partial charge on any atom is 0.348 e. The Labute approximate surface area is 72.0 Å². The second-order valence-corrected chi connectivity index (χ2v) is 2.45. The molecule has 0 saturated carbocycles. The Morgan fingerprint density at radius 1 is 1.46 bits per heavy atom. The van der Waals surface area contributed by atoms with E-state index >= 15 is 0 Å². The molecule has 2 aliphatic heterocycles. The van der Waals surface area contributed by atoms with E-state index in [1.807, 2.05) is 0 Å². The summed E-state index contributed by atoms with van der Waals surface area (Å²) in [7, 11) is 0. The molecule has 7 heteroatoms. The van der Waals surface area contributed by atoms with E-state index in [0.717, 1.165) is 12.4 Å². The third-order valence-corrected chi connectivity index (χ3v) is 1.59. The number of carbonyl (C=O) groups excluding carboxylic acids is 2. The van der Waals surface area contributed by atoms with Crippen LogP contribution in [0.4, 0.5) is 0 Å². The molecule has 7 nitrogen and oxygen atoms in total. The van der Waals surface area contributed by atoms with Crippen molar-refractivity contribution in [1.82, 2.24) is 0 Å². The van der Waals surface area contributed by atoms with Gasteiger partial charge in [-0.05, 0) is 0 Å². The van der Waals surface area contributed by atoms with E-state index in [-0.39, 0.29) is 5.57 Å². The van der Waals surface area contributed by atoms with Gasteiger partial charge in [0.1, 0.15) is 11.9 Å². The molecule has 1 unspecified atom stereocenters. The number of hydrogen-bond donors (Lipinski definition) is 1. The van der Waals surface area contributed by atoms with E-state index in [2.05, 4.69) is 20.0 Å². The van der Waals surface area contributed by atoms with Crippen molar-refractivity contribution in [1.29, 1.82) is 0 Å². The van der Waals surface area contributed by atoms with Crippen LogP contribution in [-0.4, -0.2) is 24.1 Å². The summed E-state index contributed by atoms with van der Waals surface area (Å²) in [5.41, 5.74) is 5.44. The third-order valence-electron chi connectivity index (χ3n) is 1.59. The summed E-state index contributed by atoms with van der Waals surface area (Å²) >= 11 is 0. The third kappa shape index (κ3) is 1.05. The Morgan fingerprint density at radius 3 is 2.69 bits per heavy atom. The highest BCUT2D eigenvalue weighted by molar-refractivity contribution is 6.10. The molecule has 2 N–H and O–H groups in total. The molecule has 2 rings (SSSR count). The molecule has 0 spiro atoms. The topological polar surface area (TPSA) is 106 Å². The number of azo groups is 1. The van der Waals surface area contributed by atoms with Crippen LogP contribution in [0, 0.1) is 0 Å². The number of nitrogens with zero attached hydrogens (tertiary/aromatic N) is 3. The van der Waals surface area contributed by atoms with Crippen LogP contribution < -0.4 is 5.73 Å². The summed E-state index contributed by atoms with van der Waals surface area (Å²) in [6.07, 6.45) is 2.07. The van der Waals surface area contributed by atoms with E-state index in [0.29, 0.717) is 0 Å². The molecule has 2 heterocycles. The van der Waals surface area contributed by atoms with Gasteiger partial charge in [0.25, 0.3) is 5.79 Å². The Kier molecular flexibility index (Phi) is 1.37. The Bertz CT molecular complexity index is 369. The number of ether oxygens (including phenoxy) is 1. The van der Waals surface area contributed by atoms with Crippen molar-refractivity contribution >= 4 is 18.3 Å². The molecule has 0 amide bonds. The average molecular weight is 180 g/mol. The van der Waals surface area contributed by atoms with Crippen LogP contribution in [-0.2, 0) is 14.3 Å². The molecule has 0 aliphatic carbocycles. The van der Waals surface area contributed by atoms with Gasteiger partial charge in [0, 0.05) is 6.08 Å². The Morgan fingerprint density at radius 2 is 2.23 bits per heavy atom. The maximum atomic E-state index is 11.0. The van der Waals surface area contributed by atoms with Gasteiger partial charge in [0.15, 0.2) is 0 Å². The Balaban J connectivity index is 2.41. The number of rotatable bonds is 1. The van der Waals surface area contributed by atoms with Gasteiger partial charge in [0.2, 0.25) is 0 Å². The van der Waals surface area contributed by atoms with Gasteiger partial charge in [-0.15, -0.1) is 10.2 Å². The molecule has 0 aromatic carbocycles. The van der Waals surface area contributed by atoms with Crippen molar-refractivity contribution in [3.63, 3.8) is 0 Å². The number of aliphatic imine (C=N–C) groups is 1. The molecule has 66 valence electrons. The predicted octanol–water partition coefficient (Wildman–Crippen LogP) is -0.897. The van der Waals surface area contributed by atoms with Crippen LogP contribution in [0.15, 0.2) is 26.9 Å². The van der Waals surface area contributed by atoms with Crippen LogP contribution in [0.25, 0.3) is 0 Å². The fraction of sp³-hybridized carbons (Fsp3) is 0.167. The number of nitrogens with two attached hydrogens (primary N) is 1. The summed E-state index contributed by atoms with van der Waals surface area (Å²) in [5.74, 6) is -3.17. The SMILES string of the molecule is NC1(C2=CC(=O)OC2=O)N=CN=N1. The normalized spacial score (nSPS) is 31.0. The molecule has 0 bridgehead atoms. The molecule has 13 heavy (non-hydrogen) atoms. The van der Waals surface area contributed by atoms with Crippen molar-refractivity contribution in [2.24, 2.45) is 21.0 Å². The van der Waals surface area contributed by atoms with Gasteiger partial charge in [-0.2, -0.15) is 0 Å². The first kappa shape index (κ1) is 7.74. The van der Waals surface area contributed by atoms with Gasteiger partial charge >= 0.3 is 11.9 Å². The van der Waals surface area contributed by atoms with Crippen molar-refractivity contribution in [3.05, 3.63) is 11.6 Å². The fourth-order valence-corrected chi connectivity index (χ4v) is 0.986. The zero-order valence-electron chi connectivity index (χ0n) is 6.30. The van der Waals surface area contributed by atoms with E-state index in [1.54, 1.807) is 0 Å². The van der Waals surface area contributed by atoms with Crippen LogP contribution in [0.2, 0.25) is 0 Å². The summed E-state index contributed by atoms with van der Waals surface area (Å²) in [6.45, 7) is 0. The maximum absolute atomic E-state index is 11.0. The first-order valence-corrected chi connectivity index (χ1v) is 3.35. The lowest BCUT2D eigenvalue weighted by atomic mass is 10.1. The zero-order chi connectivity index (χ0) is 9.47. The molecule has 0 aromatic rings. The van der Waals surface area contributed by atoms with Gasteiger partial charge in [0.05, 0.1) is 0 Å². The summed E-state index contributed by atoms with van der Waals surface area (Å²) in [5, 5.41) is 6.88. The van der Waals surface area contributed by atoms with Crippen molar-refractivity contribution < 1.29 is 14.3 Å². The molecular formula is C6H4N4O3. The van der Waals surface area contributed by atoms with Crippen molar-refractivity contribution in [2.75, 3.05) is 0 Å². The minimum absolute atomic E-state index is 0.102. The second kappa shape index (κ2) is 2.30. The highest BCUT2D eigenvalue weighted by atomic mass is 16.6. The van der Waals surface area contributed by atoms with E-state index in [1.165, 1.54) is 0 Å². The van der Waals surface area contributed by atoms with Crippen LogP contribution in [0.3, 0.4) is 0 Å². The second-order valence-electron chi connectivity index (χ2n) is 2.45. The minimum Gasteiger partial charge on any atom is -0.386 e. The van der Waals surface area contributed by atoms with Crippen molar-refractivity contribution in [3.8, 4) is 0 Å². The smallest absolute Gasteiger partial charge is 0.348 e. The number of hydrogen-bond acceptors (Lipinski definition) is 7. The minimum atomic E-state index is -1.58. The highest BCUT2D eigenvalue weighted by Crippen LogP contribution is 2.25. The van der Waals surface area contributed by atoms with Crippen LogP contribution >= 0.6 is 0 Å². The van der Waals surface area contributed by atoms with Crippen molar-refractivity contribution in [2.45, 2.75) is 5.79 Å². The number of carbonyl (C=O) groups is 2. The lowest BCUT2D eigenvalue weighted by Gasteiger charge is -2.12. The average Bonchev–Trinajstić information content (AvgIpc) is 2.59. The molecule has 0 saturated heterocycles. The van der Waals surface area contributed by atoms with Crippen LogP contribution in [0.1, 0.15) is 0 Å². The van der Waals surface area contributed by atoms with Gasteiger partial charge < -0.3 is 4.74 Å². The lowest BCUT2D eigenvalue weighted by Crippen LogP contribution is -2.38. The summed E-state index contributed by atoms with van der Waals surface area (Å²) < 4.78 is 4.23. The van der Waals surface area contributed by atoms with E-state index < -0.39 is 17.7 Å². The summed E-state index contributed by atoms with van der Waals surface area (Å²) in [4.78, 5) is 25.3. The molecule has 2 aliphatic rings. The zero-order valence-corrected chi connectivity index (χ0v) is 6.30. The Hall–Kier alpha value is -1.89. The van der Waals surface area contributed by atoms with Gasteiger partial charge in [-0.25, -0.2) is 14.6 Å². The first-order valence-electron chi connectivity index (χ1n) is 3.35. The predicted molar refractivity (Wildman–Crippen MR) is 39.4 cm³/mol. The lowest BCUT2D eigenvalue weighted by molar-refractivity contribution is -0.150. The molecule has 0 radical (unpaired) electrons. The first-order chi connectivity index (χ1) is 6.12. The molecule has 0 aromatic heterocycles. The largest absolute Gasteiger partial charge is 0.386 e. The summed E-state index contributed by atoms with van der Waals surface area (Å²) in [6, 6.07) is 0. The van der Waals surface area contributed by atoms with E-state index in [9.17, 15) is 9.59 Å². The van der Waals surface area contributed by atoms with Crippen LogP contribution in [0.5, 0.6) is 0 Å². The number of cyclic esters (lactones) is 2. The molecule has 0 fully saturated rings. The standard InChI is InChI=1S/C6H4N4O3/c7-6(8-2-9-10-6)3-1-4(11)13-5(3)12/h1-2H,7H2. The number of esters is 2.